The molecule has 0 aromatic carbocycles. The molecule has 2 aliphatic rings. The number of amides is 2. The summed E-state index contributed by atoms with van der Waals surface area (Å²) in [6.07, 6.45) is 1.75. The molecule has 3 aromatic heterocycles. The molecule has 0 unspecified atom stereocenters. The molecule has 1 atom stereocenters. The van der Waals surface area contributed by atoms with E-state index in [4.69, 9.17) is 0 Å². The van der Waals surface area contributed by atoms with Crippen LogP contribution in [0, 0.1) is 18.7 Å². The first-order valence-electron chi connectivity index (χ1n) is 11.1. The Bertz CT molecular complexity index is 1310. The van der Waals surface area contributed by atoms with Crippen LogP contribution in [0.2, 0.25) is 0 Å². The Morgan fingerprint density at radius 3 is 2.62 bits per heavy atom. The average Bonchev–Trinajstić information content (AvgIpc) is 3.16. The molecule has 0 radical (unpaired) electrons. The van der Waals surface area contributed by atoms with Gasteiger partial charge in [0.2, 0.25) is 11.9 Å². The summed E-state index contributed by atoms with van der Waals surface area (Å²) >= 11 is 0. The number of carbonyl (C=O) groups is 2. The molecule has 34 heavy (non-hydrogen) atoms. The Balaban J connectivity index is 1.33. The SMILES string of the molecule is CNC(=O)c1ccc(N2CCN(Cc3cn4c(C)nc5c4c(c3F)NC(=O)[C@H]5C)CC2)c(F)n1. The molecule has 11 heteroatoms. The topological polar surface area (TPSA) is 94.9 Å². The molecular weight excluding hydrogens is 444 g/mol. The number of anilines is 2. The van der Waals surface area contributed by atoms with Gasteiger partial charge in [-0.25, -0.2) is 14.4 Å². The van der Waals surface area contributed by atoms with Gasteiger partial charge in [0.1, 0.15) is 17.2 Å². The number of halogens is 2. The van der Waals surface area contributed by atoms with Crippen molar-refractivity contribution in [1.82, 2.24) is 24.6 Å². The molecule has 178 valence electrons. The van der Waals surface area contributed by atoms with Gasteiger partial charge >= 0.3 is 0 Å². The van der Waals surface area contributed by atoms with Gasteiger partial charge in [-0.2, -0.15) is 4.39 Å². The lowest BCUT2D eigenvalue weighted by molar-refractivity contribution is -0.117. The molecule has 2 amide bonds. The van der Waals surface area contributed by atoms with Crippen LogP contribution in [0.25, 0.3) is 5.52 Å². The van der Waals surface area contributed by atoms with Gasteiger partial charge in [-0.3, -0.25) is 14.5 Å². The van der Waals surface area contributed by atoms with E-state index in [1.807, 2.05) is 16.2 Å². The van der Waals surface area contributed by atoms with E-state index in [2.05, 4.69) is 25.5 Å². The highest BCUT2D eigenvalue weighted by molar-refractivity contribution is 6.04. The summed E-state index contributed by atoms with van der Waals surface area (Å²) in [4.78, 5) is 36.2. The van der Waals surface area contributed by atoms with Crippen LogP contribution in [0.3, 0.4) is 0 Å². The number of hydrogen-bond acceptors (Lipinski definition) is 6. The summed E-state index contributed by atoms with van der Waals surface area (Å²) in [6.45, 7) is 6.16. The van der Waals surface area contributed by atoms with Crippen LogP contribution in [-0.4, -0.2) is 64.3 Å². The van der Waals surface area contributed by atoms with Crippen LogP contribution in [0.4, 0.5) is 20.2 Å². The van der Waals surface area contributed by atoms with Crippen LogP contribution < -0.4 is 15.5 Å². The number of piperazine rings is 1. The smallest absolute Gasteiger partial charge is 0.269 e. The largest absolute Gasteiger partial charge is 0.365 e. The molecular formula is C23H25F2N7O2. The van der Waals surface area contributed by atoms with Gasteiger partial charge in [0, 0.05) is 51.5 Å². The van der Waals surface area contributed by atoms with E-state index in [0.29, 0.717) is 61.0 Å². The number of pyridine rings is 2. The molecule has 2 aliphatic heterocycles. The van der Waals surface area contributed by atoms with Crippen molar-refractivity contribution >= 4 is 28.7 Å². The number of aromatic nitrogens is 3. The van der Waals surface area contributed by atoms with Gasteiger partial charge < -0.3 is 19.9 Å². The molecule has 0 aliphatic carbocycles. The summed E-state index contributed by atoms with van der Waals surface area (Å²) in [6, 6.07) is 3.06. The third-order valence-corrected chi connectivity index (χ3v) is 6.58. The summed E-state index contributed by atoms with van der Waals surface area (Å²) in [7, 11) is 1.46. The van der Waals surface area contributed by atoms with Crippen molar-refractivity contribution in [3.63, 3.8) is 0 Å². The zero-order valence-corrected chi connectivity index (χ0v) is 19.2. The fourth-order valence-electron chi connectivity index (χ4n) is 4.64. The normalized spacial score (nSPS) is 18.3. The number of aryl methyl sites for hydroxylation is 1. The fourth-order valence-corrected chi connectivity index (χ4v) is 4.64. The van der Waals surface area contributed by atoms with Crippen molar-refractivity contribution in [2.75, 3.05) is 43.4 Å². The fraction of sp³-hybridized carbons (Fsp3) is 0.391. The van der Waals surface area contributed by atoms with Crippen molar-refractivity contribution in [2.24, 2.45) is 0 Å². The van der Waals surface area contributed by atoms with Crippen LogP contribution in [-0.2, 0) is 11.3 Å². The zero-order chi connectivity index (χ0) is 24.1. The third-order valence-electron chi connectivity index (χ3n) is 6.58. The van der Waals surface area contributed by atoms with Crippen molar-refractivity contribution < 1.29 is 18.4 Å². The summed E-state index contributed by atoms with van der Waals surface area (Å²) < 4.78 is 31.8. The van der Waals surface area contributed by atoms with Gasteiger partial charge in [-0.15, -0.1) is 0 Å². The number of hydrogen-bond donors (Lipinski definition) is 2. The van der Waals surface area contributed by atoms with Gasteiger partial charge in [0.15, 0.2) is 5.82 Å². The minimum absolute atomic E-state index is 0.0247. The second-order valence-corrected chi connectivity index (χ2v) is 8.67. The van der Waals surface area contributed by atoms with Crippen LogP contribution in [0.15, 0.2) is 18.3 Å². The predicted molar refractivity (Wildman–Crippen MR) is 122 cm³/mol. The van der Waals surface area contributed by atoms with E-state index in [9.17, 15) is 14.0 Å². The maximum Gasteiger partial charge on any atom is 0.269 e. The van der Waals surface area contributed by atoms with E-state index in [-0.39, 0.29) is 17.3 Å². The van der Waals surface area contributed by atoms with E-state index >= 15 is 4.39 Å². The number of nitrogens with one attached hydrogen (secondary N) is 2. The molecule has 1 fully saturated rings. The number of rotatable bonds is 4. The number of nitrogens with zero attached hydrogens (tertiary/aromatic N) is 5. The molecule has 0 saturated carbocycles. The van der Waals surface area contributed by atoms with Crippen molar-refractivity contribution in [3.8, 4) is 0 Å². The minimum atomic E-state index is -0.693. The Kier molecular flexibility index (Phi) is 5.43. The number of carbonyl (C=O) groups excluding carboxylic acids is 2. The predicted octanol–water partition coefficient (Wildman–Crippen LogP) is 2.05. The molecule has 5 heterocycles. The highest BCUT2D eigenvalue weighted by Gasteiger charge is 2.32. The Hall–Kier alpha value is -3.60. The first-order valence-corrected chi connectivity index (χ1v) is 11.1. The second kappa shape index (κ2) is 8.32. The summed E-state index contributed by atoms with van der Waals surface area (Å²) in [5.74, 6) is -1.59. The maximum absolute atomic E-state index is 15.4. The van der Waals surface area contributed by atoms with Gasteiger partial charge in [-0.05, 0) is 26.0 Å². The Labute approximate surface area is 194 Å². The van der Waals surface area contributed by atoms with E-state index in [1.165, 1.54) is 13.1 Å². The van der Waals surface area contributed by atoms with Crippen molar-refractivity contribution in [2.45, 2.75) is 26.3 Å². The zero-order valence-electron chi connectivity index (χ0n) is 19.2. The molecule has 2 N–H and O–H groups in total. The lowest BCUT2D eigenvalue weighted by Gasteiger charge is -2.36. The van der Waals surface area contributed by atoms with Crippen molar-refractivity contribution in [1.29, 1.82) is 0 Å². The summed E-state index contributed by atoms with van der Waals surface area (Å²) in [5, 5.41) is 5.13. The number of imidazole rings is 1. The standard InChI is InChI=1S/C23H25F2N7O2/c1-12-18-20-19(29-22(12)33)17(24)14(11-32(20)13(2)27-18)10-30-6-8-31(9-7-30)16-5-4-15(23(34)26-3)28-21(16)25/h4-5,11-12H,6-10H2,1-3H3,(H,26,34)(H,29,33)/t12-/m0/s1. The van der Waals surface area contributed by atoms with Crippen LogP contribution >= 0.6 is 0 Å². The lowest BCUT2D eigenvalue weighted by Crippen LogP contribution is -2.46. The minimum Gasteiger partial charge on any atom is -0.365 e. The van der Waals surface area contributed by atoms with Crippen molar-refractivity contribution in [3.05, 3.63) is 52.9 Å². The quantitative estimate of drug-likeness (QED) is 0.568. The summed E-state index contributed by atoms with van der Waals surface area (Å²) in [5.41, 5.74) is 2.20. The molecule has 0 spiro atoms. The molecule has 1 saturated heterocycles. The van der Waals surface area contributed by atoms with Crippen LogP contribution in [0.5, 0.6) is 0 Å². The Morgan fingerprint density at radius 1 is 1.21 bits per heavy atom. The monoisotopic (exact) mass is 469 g/mol. The third kappa shape index (κ3) is 3.56. The second-order valence-electron chi connectivity index (χ2n) is 8.67. The van der Waals surface area contributed by atoms with E-state index in [1.54, 1.807) is 19.2 Å². The highest BCUT2D eigenvalue weighted by atomic mass is 19.1. The van der Waals surface area contributed by atoms with Crippen LogP contribution in [0.1, 0.15) is 40.4 Å². The first-order chi connectivity index (χ1) is 16.3. The van der Waals surface area contributed by atoms with E-state index < -0.39 is 23.6 Å². The maximum atomic E-state index is 15.4. The van der Waals surface area contributed by atoms with Gasteiger partial charge in [-0.1, -0.05) is 0 Å². The van der Waals surface area contributed by atoms with E-state index in [0.717, 1.165) is 0 Å². The van der Waals surface area contributed by atoms with Gasteiger partial charge in [0.25, 0.3) is 5.91 Å². The van der Waals surface area contributed by atoms with Gasteiger partial charge in [0.05, 0.1) is 22.8 Å². The molecule has 0 bridgehead atoms. The first kappa shape index (κ1) is 22.2. The average molecular weight is 469 g/mol. The lowest BCUT2D eigenvalue weighted by atomic mass is 10.0. The Morgan fingerprint density at radius 2 is 1.94 bits per heavy atom. The molecule has 5 rings (SSSR count). The molecule has 3 aromatic rings. The molecule has 9 nitrogen and oxygen atoms in total. The highest BCUT2D eigenvalue weighted by Crippen LogP contribution is 2.36.